The summed E-state index contributed by atoms with van der Waals surface area (Å²) in [4.78, 5) is 35.3. The maximum atomic E-state index is 12.4. The van der Waals surface area contributed by atoms with E-state index in [9.17, 15) is 24.8 Å². The number of carboxylic acid groups (broad SMARTS) is 1. The molecule has 1 saturated heterocycles. The van der Waals surface area contributed by atoms with Gasteiger partial charge >= 0.3 is 12.0 Å². The van der Waals surface area contributed by atoms with E-state index in [0.717, 1.165) is 0 Å². The van der Waals surface area contributed by atoms with Crippen LogP contribution in [0.15, 0.2) is 18.2 Å². The van der Waals surface area contributed by atoms with Crippen molar-refractivity contribution >= 4 is 23.4 Å². The summed E-state index contributed by atoms with van der Waals surface area (Å²) >= 11 is 0. The zero-order chi connectivity index (χ0) is 17.9. The summed E-state index contributed by atoms with van der Waals surface area (Å²) in [6.07, 6.45) is 0.350. The quantitative estimate of drug-likeness (QED) is 0.628. The number of benzene rings is 1. The molecule has 1 heterocycles. The first-order chi connectivity index (χ1) is 11.3. The van der Waals surface area contributed by atoms with Gasteiger partial charge in [-0.05, 0) is 26.3 Å². The molecule has 9 heteroatoms. The highest BCUT2D eigenvalue weighted by Gasteiger charge is 2.42. The first-order valence-electron chi connectivity index (χ1n) is 7.47. The summed E-state index contributed by atoms with van der Waals surface area (Å²) in [5, 5.41) is 22.7. The second kappa shape index (κ2) is 6.73. The summed E-state index contributed by atoms with van der Waals surface area (Å²) < 4.78 is 5.36. The van der Waals surface area contributed by atoms with Gasteiger partial charge in [0.2, 0.25) is 0 Å². The number of nitro benzene ring substituents is 1. The summed E-state index contributed by atoms with van der Waals surface area (Å²) in [5.74, 6) is -0.639. The fourth-order valence-electron chi connectivity index (χ4n) is 2.51. The molecule has 0 radical (unpaired) electrons. The average Bonchev–Trinajstić information content (AvgIpc) is 2.93. The van der Waals surface area contributed by atoms with Crippen LogP contribution in [0.25, 0.3) is 0 Å². The largest absolute Gasteiger partial charge is 0.492 e. The van der Waals surface area contributed by atoms with E-state index in [4.69, 9.17) is 4.74 Å². The Bertz CT molecular complexity index is 677. The molecule has 1 fully saturated rings. The summed E-state index contributed by atoms with van der Waals surface area (Å²) in [7, 11) is 0. The van der Waals surface area contributed by atoms with Gasteiger partial charge in [-0.1, -0.05) is 0 Å². The molecular weight excluding hydrogens is 318 g/mol. The number of ether oxygens (including phenoxy) is 1. The number of nitro groups is 1. The lowest BCUT2D eigenvalue weighted by molar-refractivity contribution is -0.384. The van der Waals surface area contributed by atoms with Crippen molar-refractivity contribution in [3.8, 4) is 5.75 Å². The van der Waals surface area contributed by atoms with Crippen molar-refractivity contribution in [1.29, 1.82) is 0 Å². The molecule has 0 saturated carbocycles. The number of nitrogens with zero attached hydrogens (tertiary/aromatic N) is 2. The number of carbonyl (C=O) groups is 2. The van der Waals surface area contributed by atoms with E-state index >= 15 is 0 Å². The molecule has 2 amide bonds. The van der Waals surface area contributed by atoms with Crippen LogP contribution in [-0.4, -0.2) is 46.6 Å². The number of aliphatic carboxylic acids is 1. The zero-order valence-electron chi connectivity index (χ0n) is 13.4. The van der Waals surface area contributed by atoms with Crippen LogP contribution in [0.3, 0.4) is 0 Å². The molecule has 1 aromatic carbocycles. The minimum Gasteiger partial charge on any atom is -0.492 e. The Kier molecular flexibility index (Phi) is 4.91. The van der Waals surface area contributed by atoms with Crippen LogP contribution in [0.2, 0.25) is 0 Å². The van der Waals surface area contributed by atoms with E-state index < -0.39 is 22.3 Å². The number of carbonyl (C=O) groups excluding carboxylic acids is 1. The summed E-state index contributed by atoms with van der Waals surface area (Å²) in [6.45, 7) is 4.05. The van der Waals surface area contributed by atoms with E-state index in [0.29, 0.717) is 25.3 Å². The van der Waals surface area contributed by atoms with Crippen molar-refractivity contribution in [1.82, 2.24) is 4.90 Å². The predicted octanol–water partition coefficient (Wildman–Crippen LogP) is 2.32. The smallest absolute Gasteiger partial charge is 0.321 e. The maximum Gasteiger partial charge on any atom is 0.321 e. The van der Waals surface area contributed by atoms with Crippen LogP contribution in [-0.2, 0) is 4.79 Å². The van der Waals surface area contributed by atoms with Crippen LogP contribution in [0.5, 0.6) is 5.75 Å². The first-order valence-corrected chi connectivity index (χ1v) is 7.47. The lowest BCUT2D eigenvalue weighted by Crippen LogP contribution is -2.37. The van der Waals surface area contributed by atoms with Crippen LogP contribution in [0, 0.1) is 15.5 Å². The van der Waals surface area contributed by atoms with Crippen LogP contribution >= 0.6 is 0 Å². The number of non-ortho nitro benzene ring substituents is 1. The molecule has 0 aliphatic carbocycles. The molecule has 130 valence electrons. The molecule has 9 nitrogen and oxygen atoms in total. The van der Waals surface area contributed by atoms with Gasteiger partial charge in [-0.3, -0.25) is 14.9 Å². The zero-order valence-corrected chi connectivity index (χ0v) is 13.4. The number of nitrogens with one attached hydrogen (secondary N) is 1. The Balaban J connectivity index is 2.17. The lowest BCUT2D eigenvalue weighted by Gasteiger charge is -2.21. The lowest BCUT2D eigenvalue weighted by atomic mass is 9.90. The van der Waals surface area contributed by atoms with Crippen LogP contribution < -0.4 is 10.1 Å². The minimum absolute atomic E-state index is 0.0765. The van der Waals surface area contributed by atoms with E-state index in [1.54, 1.807) is 13.8 Å². The van der Waals surface area contributed by atoms with Gasteiger partial charge in [0.15, 0.2) is 0 Å². The molecular formula is C15H19N3O6. The van der Waals surface area contributed by atoms with Gasteiger partial charge in [0.1, 0.15) is 5.75 Å². The van der Waals surface area contributed by atoms with E-state index in [1.807, 2.05) is 0 Å². The Morgan fingerprint density at radius 2 is 2.21 bits per heavy atom. The molecule has 24 heavy (non-hydrogen) atoms. The SMILES string of the molecule is CCOc1ccc([N+](=O)[O-])cc1NC(=O)N1CCC(C)(C(=O)O)C1. The average molecular weight is 337 g/mol. The van der Waals surface area contributed by atoms with Gasteiger partial charge in [0.25, 0.3) is 5.69 Å². The fraction of sp³-hybridized carbons (Fsp3) is 0.467. The van der Waals surface area contributed by atoms with Gasteiger partial charge in [0.05, 0.1) is 22.6 Å². The topological polar surface area (TPSA) is 122 Å². The molecule has 1 aliphatic rings. The van der Waals surface area contributed by atoms with Crippen molar-refractivity contribution in [2.75, 3.05) is 25.0 Å². The second-order valence-electron chi connectivity index (χ2n) is 5.84. The van der Waals surface area contributed by atoms with Gasteiger partial charge in [0, 0.05) is 25.2 Å². The van der Waals surface area contributed by atoms with Gasteiger partial charge in [-0.15, -0.1) is 0 Å². The van der Waals surface area contributed by atoms with Crippen LogP contribution in [0.1, 0.15) is 20.3 Å². The van der Waals surface area contributed by atoms with Crippen molar-refractivity contribution in [2.45, 2.75) is 20.3 Å². The van der Waals surface area contributed by atoms with Gasteiger partial charge in [-0.2, -0.15) is 0 Å². The van der Waals surface area contributed by atoms with Crippen LogP contribution in [0.4, 0.5) is 16.2 Å². The van der Waals surface area contributed by atoms with Crippen molar-refractivity contribution in [3.63, 3.8) is 0 Å². The van der Waals surface area contributed by atoms with E-state index in [-0.39, 0.29) is 17.9 Å². The van der Waals surface area contributed by atoms with Crippen molar-refractivity contribution < 1.29 is 24.4 Å². The maximum absolute atomic E-state index is 12.4. The van der Waals surface area contributed by atoms with Gasteiger partial charge in [-0.25, -0.2) is 4.79 Å². The Morgan fingerprint density at radius 3 is 2.75 bits per heavy atom. The molecule has 1 unspecified atom stereocenters. The summed E-state index contributed by atoms with van der Waals surface area (Å²) in [6, 6.07) is 3.41. The number of rotatable bonds is 5. The highest BCUT2D eigenvalue weighted by molar-refractivity contribution is 5.92. The number of carboxylic acids is 1. The molecule has 1 aliphatic heterocycles. The van der Waals surface area contributed by atoms with E-state index in [1.165, 1.54) is 23.1 Å². The fourth-order valence-corrected chi connectivity index (χ4v) is 2.51. The molecule has 0 aromatic heterocycles. The number of anilines is 1. The Hall–Kier alpha value is -2.84. The van der Waals surface area contributed by atoms with E-state index in [2.05, 4.69) is 5.32 Å². The monoisotopic (exact) mass is 337 g/mol. The Morgan fingerprint density at radius 1 is 1.50 bits per heavy atom. The molecule has 0 spiro atoms. The third kappa shape index (κ3) is 3.55. The molecule has 1 atom stereocenters. The molecule has 1 aromatic rings. The van der Waals surface area contributed by atoms with Crippen molar-refractivity contribution in [2.24, 2.45) is 5.41 Å². The molecule has 2 N–H and O–H groups in total. The first kappa shape index (κ1) is 17.5. The summed E-state index contributed by atoms with van der Waals surface area (Å²) in [5.41, 5.74) is -0.978. The van der Waals surface area contributed by atoms with Crippen molar-refractivity contribution in [3.05, 3.63) is 28.3 Å². The number of hydrogen-bond donors (Lipinski definition) is 2. The Labute approximate surface area is 138 Å². The number of urea groups is 1. The highest BCUT2D eigenvalue weighted by Crippen LogP contribution is 2.32. The number of likely N-dealkylation sites (tertiary alicyclic amines) is 1. The predicted molar refractivity (Wildman–Crippen MR) is 85.2 cm³/mol. The third-order valence-electron chi connectivity index (χ3n) is 3.99. The molecule has 2 rings (SSSR count). The normalized spacial score (nSPS) is 19.8. The number of hydrogen-bond acceptors (Lipinski definition) is 5. The standard InChI is InChI=1S/C15H19N3O6/c1-3-24-12-5-4-10(18(22)23)8-11(12)16-14(21)17-7-6-15(2,9-17)13(19)20/h4-5,8H,3,6-7,9H2,1-2H3,(H,16,21)(H,19,20). The minimum atomic E-state index is -0.983. The second-order valence-corrected chi connectivity index (χ2v) is 5.84. The third-order valence-corrected chi connectivity index (χ3v) is 3.99. The number of amides is 2. The van der Waals surface area contributed by atoms with Gasteiger partial charge < -0.3 is 20.1 Å². The highest BCUT2D eigenvalue weighted by atomic mass is 16.6. The molecule has 0 bridgehead atoms.